The van der Waals surface area contributed by atoms with Crippen LogP contribution in [0.15, 0.2) is 6.07 Å². The number of ether oxygens (including phenoxy) is 1. The molecular formula is C14H20N2OS. The van der Waals surface area contributed by atoms with Gasteiger partial charge in [-0.15, -0.1) is 0 Å². The van der Waals surface area contributed by atoms with Crippen molar-refractivity contribution in [2.24, 2.45) is 0 Å². The molecule has 0 aliphatic rings. The van der Waals surface area contributed by atoms with Gasteiger partial charge in [-0.3, -0.25) is 0 Å². The Labute approximate surface area is 112 Å². The molecule has 18 heavy (non-hydrogen) atoms. The summed E-state index contributed by atoms with van der Waals surface area (Å²) >= 11 is 1.71. The highest BCUT2D eigenvalue weighted by molar-refractivity contribution is 7.22. The van der Waals surface area contributed by atoms with Gasteiger partial charge in [0, 0.05) is 6.54 Å². The van der Waals surface area contributed by atoms with Crippen LogP contribution in [-0.2, 0) is 0 Å². The smallest absolute Gasteiger partial charge is 0.183 e. The molecule has 0 radical (unpaired) electrons. The van der Waals surface area contributed by atoms with E-state index in [0.29, 0.717) is 6.61 Å². The molecule has 1 heterocycles. The monoisotopic (exact) mass is 264 g/mol. The molecule has 0 atom stereocenters. The van der Waals surface area contributed by atoms with Crippen molar-refractivity contribution in [3.8, 4) is 5.75 Å². The maximum absolute atomic E-state index is 5.74. The Kier molecular flexibility index (Phi) is 4.07. The van der Waals surface area contributed by atoms with Crippen LogP contribution in [0.4, 0.5) is 5.13 Å². The number of fused-ring (bicyclic) bond motifs is 1. The minimum absolute atomic E-state index is 0.675. The molecule has 0 bridgehead atoms. The van der Waals surface area contributed by atoms with Crippen molar-refractivity contribution in [3.05, 3.63) is 17.2 Å². The molecule has 1 N–H and O–H groups in total. The van der Waals surface area contributed by atoms with Crippen molar-refractivity contribution >= 4 is 26.7 Å². The maximum atomic E-state index is 5.74. The lowest BCUT2D eigenvalue weighted by Gasteiger charge is -2.08. The van der Waals surface area contributed by atoms with Crippen LogP contribution < -0.4 is 10.1 Å². The van der Waals surface area contributed by atoms with Crippen LogP contribution in [0, 0.1) is 13.8 Å². The molecule has 0 amide bonds. The van der Waals surface area contributed by atoms with Crippen LogP contribution in [-0.4, -0.2) is 18.1 Å². The van der Waals surface area contributed by atoms with Gasteiger partial charge in [-0.2, -0.15) is 0 Å². The summed E-state index contributed by atoms with van der Waals surface area (Å²) < 4.78 is 6.96. The normalized spacial score (nSPS) is 10.9. The van der Waals surface area contributed by atoms with Gasteiger partial charge in [0.25, 0.3) is 0 Å². The first-order valence-corrected chi connectivity index (χ1v) is 7.26. The van der Waals surface area contributed by atoms with Crippen molar-refractivity contribution in [1.82, 2.24) is 4.98 Å². The minimum Gasteiger partial charge on any atom is -0.491 e. The largest absolute Gasteiger partial charge is 0.491 e. The SMILES string of the molecule is CCCNc1nc2c(OCC)c(C)cc(C)c2s1. The van der Waals surface area contributed by atoms with Crippen LogP contribution >= 0.6 is 11.3 Å². The third-order valence-electron chi connectivity index (χ3n) is 2.81. The van der Waals surface area contributed by atoms with Gasteiger partial charge < -0.3 is 10.1 Å². The summed E-state index contributed by atoms with van der Waals surface area (Å²) in [4.78, 5) is 4.67. The van der Waals surface area contributed by atoms with Gasteiger partial charge >= 0.3 is 0 Å². The number of hydrogen-bond acceptors (Lipinski definition) is 4. The molecule has 2 rings (SSSR count). The van der Waals surface area contributed by atoms with E-state index in [1.165, 1.54) is 10.3 Å². The topological polar surface area (TPSA) is 34.2 Å². The van der Waals surface area contributed by atoms with E-state index in [9.17, 15) is 0 Å². The Bertz CT molecular complexity index is 548. The van der Waals surface area contributed by atoms with E-state index in [1.807, 2.05) is 6.92 Å². The average molecular weight is 264 g/mol. The summed E-state index contributed by atoms with van der Waals surface area (Å²) in [5.41, 5.74) is 3.43. The molecule has 0 aliphatic heterocycles. The second-order valence-corrected chi connectivity index (χ2v) is 5.40. The van der Waals surface area contributed by atoms with Gasteiger partial charge in [-0.05, 0) is 38.3 Å². The van der Waals surface area contributed by atoms with Crippen LogP contribution in [0.25, 0.3) is 10.2 Å². The van der Waals surface area contributed by atoms with Gasteiger partial charge in [-0.25, -0.2) is 4.98 Å². The number of benzene rings is 1. The molecule has 0 spiro atoms. The van der Waals surface area contributed by atoms with Crippen LogP contribution in [0.2, 0.25) is 0 Å². The molecule has 3 nitrogen and oxygen atoms in total. The average Bonchev–Trinajstić information content (AvgIpc) is 2.76. The van der Waals surface area contributed by atoms with Gasteiger partial charge in [0.1, 0.15) is 11.3 Å². The zero-order chi connectivity index (χ0) is 13.1. The lowest BCUT2D eigenvalue weighted by Crippen LogP contribution is -1.99. The van der Waals surface area contributed by atoms with E-state index >= 15 is 0 Å². The summed E-state index contributed by atoms with van der Waals surface area (Å²) in [5.74, 6) is 0.930. The molecule has 98 valence electrons. The Morgan fingerprint density at radius 2 is 2.06 bits per heavy atom. The third-order valence-corrected chi connectivity index (χ3v) is 3.95. The van der Waals surface area contributed by atoms with Crippen molar-refractivity contribution < 1.29 is 4.74 Å². The van der Waals surface area contributed by atoms with Gasteiger partial charge in [0.05, 0.1) is 11.3 Å². The molecule has 1 aromatic carbocycles. The number of aryl methyl sites for hydroxylation is 2. The zero-order valence-corrected chi connectivity index (χ0v) is 12.3. The second-order valence-electron chi connectivity index (χ2n) is 4.40. The number of anilines is 1. The van der Waals surface area contributed by atoms with Gasteiger partial charge in [0.15, 0.2) is 5.13 Å². The van der Waals surface area contributed by atoms with E-state index < -0.39 is 0 Å². The van der Waals surface area contributed by atoms with Crippen molar-refractivity contribution in [1.29, 1.82) is 0 Å². The molecule has 2 aromatic rings. The molecule has 0 saturated carbocycles. The summed E-state index contributed by atoms with van der Waals surface area (Å²) in [6.45, 7) is 10.0. The Morgan fingerprint density at radius 1 is 1.28 bits per heavy atom. The molecular weight excluding hydrogens is 244 g/mol. The molecule has 0 aliphatic carbocycles. The molecule has 1 aromatic heterocycles. The molecule has 0 fully saturated rings. The standard InChI is InChI=1S/C14H20N2OS/c1-5-7-15-14-16-11-12(17-6-2)9(3)8-10(4)13(11)18-14/h8H,5-7H2,1-4H3,(H,15,16). The van der Waals surface area contributed by atoms with Crippen LogP contribution in [0.1, 0.15) is 31.4 Å². The zero-order valence-electron chi connectivity index (χ0n) is 11.5. The van der Waals surface area contributed by atoms with Gasteiger partial charge in [-0.1, -0.05) is 24.3 Å². The molecule has 0 unspecified atom stereocenters. The fourth-order valence-corrected chi connectivity index (χ4v) is 2.98. The molecule has 0 saturated heterocycles. The lowest BCUT2D eigenvalue weighted by molar-refractivity contribution is 0.341. The number of rotatable bonds is 5. The lowest BCUT2D eigenvalue weighted by atomic mass is 10.1. The summed E-state index contributed by atoms with van der Waals surface area (Å²) in [6.07, 6.45) is 1.10. The fraction of sp³-hybridized carbons (Fsp3) is 0.500. The first kappa shape index (κ1) is 13.1. The summed E-state index contributed by atoms with van der Waals surface area (Å²) in [6, 6.07) is 2.18. The van der Waals surface area contributed by atoms with E-state index in [2.05, 4.69) is 37.1 Å². The molecule has 4 heteroatoms. The van der Waals surface area contributed by atoms with Crippen LogP contribution in [0.5, 0.6) is 5.75 Å². The highest BCUT2D eigenvalue weighted by Gasteiger charge is 2.14. The number of nitrogens with zero attached hydrogens (tertiary/aromatic N) is 1. The fourth-order valence-electron chi connectivity index (χ4n) is 2.02. The number of thiazole rings is 1. The van der Waals surface area contributed by atoms with E-state index in [0.717, 1.165) is 34.9 Å². The first-order chi connectivity index (χ1) is 8.67. The van der Waals surface area contributed by atoms with Crippen LogP contribution in [0.3, 0.4) is 0 Å². The highest BCUT2D eigenvalue weighted by atomic mass is 32.1. The summed E-state index contributed by atoms with van der Waals surface area (Å²) in [7, 11) is 0. The maximum Gasteiger partial charge on any atom is 0.183 e. The quantitative estimate of drug-likeness (QED) is 0.881. The van der Waals surface area contributed by atoms with Crippen molar-refractivity contribution in [2.75, 3.05) is 18.5 Å². The number of hydrogen-bond donors (Lipinski definition) is 1. The highest BCUT2D eigenvalue weighted by Crippen LogP contribution is 2.37. The number of nitrogens with one attached hydrogen (secondary N) is 1. The number of aromatic nitrogens is 1. The Balaban J connectivity index is 2.51. The van der Waals surface area contributed by atoms with Crippen molar-refractivity contribution in [3.63, 3.8) is 0 Å². The second kappa shape index (κ2) is 5.57. The predicted molar refractivity (Wildman–Crippen MR) is 79.0 cm³/mol. The van der Waals surface area contributed by atoms with Gasteiger partial charge in [0.2, 0.25) is 0 Å². The minimum atomic E-state index is 0.675. The Morgan fingerprint density at radius 3 is 2.72 bits per heavy atom. The van der Waals surface area contributed by atoms with E-state index in [1.54, 1.807) is 11.3 Å². The third kappa shape index (κ3) is 2.43. The van der Waals surface area contributed by atoms with E-state index in [4.69, 9.17) is 4.74 Å². The summed E-state index contributed by atoms with van der Waals surface area (Å²) in [5, 5.41) is 4.34. The first-order valence-electron chi connectivity index (χ1n) is 6.44. The van der Waals surface area contributed by atoms with E-state index in [-0.39, 0.29) is 0 Å². The Hall–Kier alpha value is -1.29. The predicted octanol–water partition coefficient (Wildman–Crippen LogP) is 4.13. The van der Waals surface area contributed by atoms with Crippen molar-refractivity contribution in [2.45, 2.75) is 34.1 Å².